The van der Waals surface area contributed by atoms with Crippen molar-refractivity contribution < 1.29 is 13.6 Å². The second-order valence-corrected chi connectivity index (χ2v) is 9.98. The third-order valence-electron chi connectivity index (χ3n) is 6.53. The number of likely N-dealkylation sites (N-methyl/N-ethyl adjacent to an activating group) is 1. The van der Waals surface area contributed by atoms with E-state index in [9.17, 15) is 9.18 Å². The summed E-state index contributed by atoms with van der Waals surface area (Å²) in [5.41, 5.74) is 2.29. The molecule has 0 aliphatic carbocycles. The normalized spacial score (nSPS) is 14.9. The van der Waals surface area contributed by atoms with Crippen molar-refractivity contribution in [2.75, 3.05) is 38.5 Å². The number of amides is 1. The molecular formula is C28H33F2N7O. The van der Waals surface area contributed by atoms with E-state index in [0.717, 1.165) is 24.5 Å². The Hall–Kier alpha value is -3.79. The van der Waals surface area contributed by atoms with Gasteiger partial charge in [-0.3, -0.25) is 4.79 Å². The van der Waals surface area contributed by atoms with Crippen LogP contribution in [0.2, 0.25) is 0 Å². The molecule has 1 saturated heterocycles. The maximum atomic E-state index is 15.6. The van der Waals surface area contributed by atoms with E-state index in [1.54, 1.807) is 12.4 Å². The molecule has 2 aromatic heterocycles. The number of hydrogen-bond acceptors (Lipinski definition) is 6. The Kier molecular flexibility index (Phi) is 8.41. The minimum atomic E-state index is -0.721. The summed E-state index contributed by atoms with van der Waals surface area (Å²) in [6.07, 6.45) is 2.02. The fourth-order valence-corrected chi connectivity index (χ4v) is 4.46. The molecule has 4 rings (SSSR count). The number of benzene rings is 1. The number of halogens is 2. The van der Waals surface area contributed by atoms with Crippen molar-refractivity contribution in [1.82, 2.24) is 24.8 Å². The SMILES string of the molecule is CC(C)c1ncnc(C(C)C)c1N=C(c1cc(F)c(-c2ccccc2F)nc1NC=O)N1CCN(C)CC1. The fourth-order valence-electron chi connectivity index (χ4n) is 4.46. The van der Waals surface area contributed by atoms with Crippen LogP contribution in [0, 0.1) is 11.6 Å². The molecule has 1 aliphatic heterocycles. The predicted molar refractivity (Wildman–Crippen MR) is 145 cm³/mol. The molecule has 0 bridgehead atoms. The van der Waals surface area contributed by atoms with Gasteiger partial charge >= 0.3 is 0 Å². The molecule has 8 nitrogen and oxygen atoms in total. The van der Waals surface area contributed by atoms with E-state index < -0.39 is 11.6 Å². The molecule has 0 radical (unpaired) electrons. The Morgan fingerprint density at radius 1 is 1.00 bits per heavy atom. The van der Waals surface area contributed by atoms with Gasteiger partial charge in [-0.25, -0.2) is 28.7 Å². The van der Waals surface area contributed by atoms with Crippen LogP contribution in [-0.2, 0) is 4.79 Å². The molecule has 1 N–H and O–H groups in total. The van der Waals surface area contributed by atoms with Gasteiger partial charge in [0.05, 0.1) is 17.0 Å². The molecular weight excluding hydrogens is 488 g/mol. The highest BCUT2D eigenvalue weighted by Gasteiger charge is 2.27. The number of rotatable bonds is 7. The Balaban J connectivity index is 1.98. The van der Waals surface area contributed by atoms with Gasteiger partial charge in [-0.1, -0.05) is 39.8 Å². The van der Waals surface area contributed by atoms with Crippen molar-refractivity contribution in [2.45, 2.75) is 39.5 Å². The molecule has 10 heteroatoms. The molecule has 1 aliphatic rings. The first-order chi connectivity index (χ1) is 18.2. The molecule has 1 amide bonds. The van der Waals surface area contributed by atoms with Crippen molar-refractivity contribution in [3.63, 3.8) is 0 Å². The standard InChI is InChI=1S/C28H33F2N7O/c1-17(2)23-26(24(18(3)4)32-15-31-23)35-28(37-12-10-36(5)11-13-37)20-14-22(30)25(34-27(20)33-16-38)19-8-6-7-9-21(19)29/h6-9,14-18H,10-13H2,1-5H3,(H,33,34,38). The van der Waals surface area contributed by atoms with E-state index in [-0.39, 0.29) is 28.9 Å². The van der Waals surface area contributed by atoms with Gasteiger partial charge in [0.15, 0.2) is 0 Å². The number of carbonyl (C=O) groups is 1. The fraction of sp³-hybridized carbons (Fsp3) is 0.393. The van der Waals surface area contributed by atoms with Gasteiger partial charge in [0.25, 0.3) is 0 Å². The van der Waals surface area contributed by atoms with Crippen molar-refractivity contribution >= 4 is 23.8 Å². The van der Waals surface area contributed by atoms with Gasteiger partial charge in [-0.2, -0.15) is 0 Å². The highest BCUT2D eigenvalue weighted by Crippen LogP contribution is 2.34. The molecule has 3 heterocycles. The van der Waals surface area contributed by atoms with Gasteiger partial charge < -0.3 is 15.1 Å². The first-order valence-electron chi connectivity index (χ1n) is 12.7. The summed E-state index contributed by atoms with van der Waals surface area (Å²) in [4.78, 5) is 34.4. The number of nitrogens with zero attached hydrogens (tertiary/aromatic N) is 6. The number of anilines is 1. The van der Waals surface area contributed by atoms with Crippen LogP contribution in [0.15, 0.2) is 41.7 Å². The van der Waals surface area contributed by atoms with Crippen LogP contribution in [0.25, 0.3) is 11.3 Å². The minimum Gasteiger partial charge on any atom is -0.353 e. The zero-order valence-corrected chi connectivity index (χ0v) is 22.4. The average molecular weight is 522 g/mol. The van der Waals surface area contributed by atoms with E-state index in [1.165, 1.54) is 24.3 Å². The largest absolute Gasteiger partial charge is 0.353 e. The zero-order valence-electron chi connectivity index (χ0n) is 22.4. The van der Waals surface area contributed by atoms with Crippen molar-refractivity contribution in [3.05, 3.63) is 65.2 Å². The highest BCUT2D eigenvalue weighted by molar-refractivity contribution is 6.05. The van der Waals surface area contributed by atoms with Crippen LogP contribution >= 0.6 is 0 Å². The van der Waals surface area contributed by atoms with Crippen LogP contribution in [0.3, 0.4) is 0 Å². The molecule has 38 heavy (non-hydrogen) atoms. The molecule has 0 atom stereocenters. The third-order valence-corrected chi connectivity index (χ3v) is 6.53. The zero-order chi connectivity index (χ0) is 27.4. The van der Waals surface area contributed by atoms with Gasteiger partial charge in [-0.05, 0) is 37.1 Å². The summed E-state index contributed by atoms with van der Waals surface area (Å²) in [5.74, 6) is -0.663. The summed E-state index contributed by atoms with van der Waals surface area (Å²) in [6, 6.07) is 7.09. The van der Waals surface area contributed by atoms with Crippen molar-refractivity contribution in [1.29, 1.82) is 0 Å². The van der Waals surface area contributed by atoms with Crippen LogP contribution < -0.4 is 5.32 Å². The van der Waals surface area contributed by atoms with E-state index in [2.05, 4.69) is 30.1 Å². The molecule has 1 aromatic carbocycles. The van der Waals surface area contributed by atoms with Gasteiger partial charge in [0.2, 0.25) is 6.41 Å². The third kappa shape index (κ3) is 5.70. The van der Waals surface area contributed by atoms with E-state index in [1.807, 2.05) is 34.7 Å². The Bertz CT molecular complexity index is 1310. The van der Waals surface area contributed by atoms with Gasteiger partial charge in [0, 0.05) is 31.7 Å². The summed E-state index contributed by atoms with van der Waals surface area (Å²) >= 11 is 0. The maximum absolute atomic E-state index is 15.6. The van der Waals surface area contributed by atoms with Crippen LogP contribution in [0.5, 0.6) is 0 Å². The Morgan fingerprint density at radius 3 is 2.21 bits per heavy atom. The van der Waals surface area contributed by atoms with Gasteiger partial charge in [-0.15, -0.1) is 0 Å². The molecule has 0 saturated carbocycles. The summed E-state index contributed by atoms with van der Waals surface area (Å²) in [7, 11) is 2.04. The van der Waals surface area contributed by atoms with E-state index in [4.69, 9.17) is 4.99 Å². The molecule has 0 unspecified atom stereocenters. The Morgan fingerprint density at radius 2 is 1.63 bits per heavy atom. The van der Waals surface area contributed by atoms with Crippen LogP contribution in [-0.4, -0.2) is 70.2 Å². The number of piperazine rings is 1. The number of amidine groups is 1. The topological polar surface area (TPSA) is 86.6 Å². The van der Waals surface area contributed by atoms with Gasteiger partial charge in [0.1, 0.15) is 41.0 Å². The smallest absolute Gasteiger partial charge is 0.212 e. The lowest BCUT2D eigenvalue weighted by Gasteiger charge is -2.35. The first-order valence-corrected chi connectivity index (χ1v) is 12.7. The summed E-state index contributed by atoms with van der Waals surface area (Å²) in [5, 5.41) is 2.59. The Labute approximate surface area is 221 Å². The maximum Gasteiger partial charge on any atom is 0.212 e. The summed E-state index contributed by atoms with van der Waals surface area (Å²) in [6.45, 7) is 10.9. The van der Waals surface area contributed by atoms with Crippen molar-refractivity contribution in [3.8, 4) is 11.3 Å². The lowest BCUT2D eigenvalue weighted by atomic mass is 10.0. The van der Waals surface area contributed by atoms with E-state index in [0.29, 0.717) is 36.6 Å². The van der Waals surface area contributed by atoms with Crippen LogP contribution in [0.4, 0.5) is 20.3 Å². The number of nitrogens with one attached hydrogen (secondary N) is 1. The average Bonchev–Trinajstić information content (AvgIpc) is 2.89. The number of pyridine rings is 1. The molecule has 1 fully saturated rings. The van der Waals surface area contributed by atoms with Crippen molar-refractivity contribution in [2.24, 2.45) is 4.99 Å². The monoisotopic (exact) mass is 521 g/mol. The number of aliphatic imine (C=N–C) groups is 1. The van der Waals surface area contributed by atoms with Crippen LogP contribution in [0.1, 0.15) is 56.5 Å². The lowest BCUT2D eigenvalue weighted by Crippen LogP contribution is -2.47. The quantitative estimate of drug-likeness (QED) is 0.269. The second-order valence-electron chi connectivity index (χ2n) is 9.98. The first kappa shape index (κ1) is 27.3. The summed E-state index contributed by atoms with van der Waals surface area (Å²) < 4.78 is 30.2. The highest BCUT2D eigenvalue weighted by atomic mass is 19.1. The second kappa shape index (κ2) is 11.7. The lowest BCUT2D eigenvalue weighted by molar-refractivity contribution is -0.105. The predicted octanol–water partition coefficient (Wildman–Crippen LogP) is 4.96. The molecule has 200 valence electrons. The molecule has 0 spiro atoms. The molecule has 3 aromatic rings. The number of carbonyl (C=O) groups excluding carboxylic acids is 1. The van der Waals surface area contributed by atoms with E-state index >= 15 is 4.39 Å². The number of aromatic nitrogens is 3. The minimum absolute atomic E-state index is 0.00392. The number of hydrogen-bond donors (Lipinski definition) is 1.